The Hall–Kier alpha value is -2.33. The van der Waals surface area contributed by atoms with Crippen LogP contribution in [0.1, 0.15) is 17.2 Å². The number of nitrogens with two attached hydrogens (primary N) is 1. The summed E-state index contributed by atoms with van der Waals surface area (Å²) in [5.41, 5.74) is 9.66. The van der Waals surface area contributed by atoms with Gasteiger partial charge in [-0.2, -0.15) is 5.10 Å². The van der Waals surface area contributed by atoms with Crippen LogP contribution in [0, 0.1) is 6.92 Å². The smallest absolute Gasteiger partial charge is 0.123 e. The summed E-state index contributed by atoms with van der Waals surface area (Å²) in [7, 11) is 1.67. The van der Waals surface area contributed by atoms with Crippen molar-refractivity contribution in [3.05, 3.63) is 59.8 Å². The minimum Gasteiger partial charge on any atom is -0.496 e. The molecule has 0 amide bonds. The Bertz CT molecular complexity index is 764. The maximum atomic E-state index is 6.38. The number of nitrogens with zero attached hydrogens (tertiary/aromatic N) is 2. The van der Waals surface area contributed by atoms with Gasteiger partial charge in [-0.25, -0.2) is 0 Å². The molecule has 4 nitrogen and oxygen atoms in total. The summed E-state index contributed by atoms with van der Waals surface area (Å²) in [4.78, 5) is 0. The molecular weight excluding hydrogens is 262 g/mol. The number of ether oxygens (including phenoxy) is 1. The number of rotatable bonds is 4. The number of aromatic nitrogens is 2. The van der Waals surface area contributed by atoms with E-state index in [9.17, 15) is 0 Å². The van der Waals surface area contributed by atoms with Crippen molar-refractivity contribution in [3.8, 4) is 5.75 Å². The lowest BCUT2D eigenvalue weighted by molar-refractivity contribution is 0.401. The van der Waals surface area contributed by atoms with Gasteiger partial charge in [0.1, 0.15) is 5.75 Å². The van der Waals surface area contributed by atoms with Crippen molar-refractivity contribution < 1.29 is 4.74 Å². The molecule has 3 aromatic rings. The van der Waals surface area contributed by atoms with Crippen LogP contribution in [0.15, 0.2) is 48.7 Å². The summed E-state index contributed by atoms with van der Waals surface area (Å²) < 4.78 is 7.36. The zero-order valence-electron chi connectivity index (χ0n) is 12.3. The average molecular weight is 281 g/mol. The molecule has 0 aliphatic heterocycles. The van der Waals surface area contributed by atoms with E-state index in [1.54, 1.807) is 7.11 Å². The number of methoxy groups -OCH3 is 1. The first-order valence-corrected chi connectivity index (χ1v) is 6.99. The number of aryl methyl sites for hydroxylation is 1. The summed E-state index contributed by atoms with van der Waals surface area (Å²) in [6.07, 6.45) is 1.87. The molecule has 0 bridgehead atoms. The first kappa shape index (κ1) is 13.6. The third kappa shape index (κ3) is 2.62. The van der Waals surface area contributed by atoms with Crippen molar-refractivity contribution >= 4 is 10.9 Å². The molecule has 0 saturated carbocycles. The summed E-state index contributed by atoms with van der Waals surface area (Å²) in [5.74, 6) is 0.824. The number of para-hydroxylation sites is 1. The topological polar surface area (TPSA) is 53.1 Å². The second-order valence-corrected chi connectivity index (χ2v) is 5.24. The highest BCUT2D eigenvalue weighted by Crippen LogP contribution is 2.26. The van der Waals surface area contributed by atoms with Crippen LogP contribution in [0.4, 0.5) is 0 Å². The van der Waals surface area contributed by atoms with Gasteiger partial charge in [0.2, 0.25) is 0 Å². The van der Waals surface area contributed by atoms with E-state index in [1.807, 2.05) is 35.1 Å². The van der Waals surface area contributed by atoms with E-state index in [0.717, 1.165) is 22.2 Å². The zero-order valence-corrected chi connectivity index (χ0v) is 12.3. The fourth-order valence-corrected chi connectivity index (χ4v) is 2.60. The predicted molar refractivity (Wildman–Crippen MR) is 84.4 cm³/mol. The van der Waals surface area contributed by atoms with Gasteiger partial charge in [0.25, 0.3) is 0 Å². The Morgan fingerprint density at radius 3 is 2.86 bits per heavy atom. The quantitative estimate of drug-likeness (QED) is 0.799. The van der Waals surface area contributed by atoms with Crippen LogP contribution in [-0.4, -0.2) is 16.9 Å². The van der Waals surface area contributed by atoms with Gasteiger partial charge >= 0.3 is 0 Å². The number of hydrogen-bond donors (Lipinski definition) is 1. The second-order valence-electron chi connectivity index (χ2n) is 5.24. The summed E-state index contributed by atoms with van der Waals surface area (Å²) in [6, 6.07) is 14.0. The van der Waals surface area contributed by atoms with Gasteiger partial charge < -0.3 is 10.5 Å². The SMILES string of the molecule is COc1ccc(C)cc1C(N)Cn1ncc2ccccc21. The van der Waals surface area contributed by atoms with Gasteiger partial charge in [-0.15, -0.1) is 0 Å². The molecule has 4 heteroatoms. The van der Waals surface area contributed by atoms with E-state index < -0.39 is 0 Å². The molecule has 0 radical (unpaired) electrons. The Morgan fingerprint density at radius 2 is 2.05 bits per heavy atom. The van der Waals surface area contributed by atoms with Crippen LogP contribution in [0.5, 0.6) is 5.75 Å². The van der Waals surface area contributed by atoms with Crippen molar-refractivity contribution in [1.29, 1.82) is 0 Å². The molecule has 0 aliphatic rings. The van der Waals surface area contributed by atoms with Crippen molar-refractivity contribution in [3.63, 3.8) is 0 Å². The molecule has 0 saturated heterocycles. The molecule has 0 aliphatic carbocycles. The van der Waals surface area contributed by atoms with Crippen LogP contribution in [0.25, 0.3) is 10.9 Å². The Labute approximate surface area is 124 Å². The molecular formula is C17H19N3O. The maximum Gasteiger partial charge on any atom is 0.123 e. The highest BCUT2D eigenvalue weighted by atomic mass is 16.5. The molecule has 2 aromatic carbocycles. The lowest BCUT2D eigenvalue weighted by atomic mass is 10.0. The standard InChI is InChI=1S/C17H19N3O/c1-12-7-8-17(21-2)14(9-12)15(18)11-20-16-6-4-3-5-13(16)10-19-20/h3-10,15H,11,18H2,1-2H3. The molecule has 0 spiro atoms. The van der Waals surface area contributed by atoms with E-state index in [0.29, 0.717) is 6.54 Å². The van der Waals surface area contributed by atoms with Gasteiger partial charge in [0, 0.05) is 10.9 Å². The van der Waals surface area contributed by atoms with E-state index in [-0.39, 0.29) is 6.04 Å². The van der Waals surface area contributed by atoms with E-state index in [4.69, 9.17) is 10.5 Å². The highest BCUT2D eigenvalue weighted by molar-refractivity contribution is 5.78. The molecule has 2 N–H and O–H groups in total. The third-order valence-electron chi connectivity index (χ3n) is 3.71. The molecule has 0 fully saturated rings. The fraction of sp³-hybridized carbons (Fsp3) is 0.235. The van der Waals surface area contributed by atoms with Crippen molar-refractivity contribution in [2.45, 2.75) is 19.5 Å². The van der Waals surface area contributed by atoms with Crippen molar-refractivity contribution in [2.75, 3.05) is 7.11 Å². The van der Waals surface area contributed by atoms with Crippen LogP contribution >= 0.6 is 0 Å². The summed E-state index contributed by atoms with van der Waals surface area (Å²) in [6.45, 7) is 2.67. The molecule has 1 heterocycles. The van der Waals surface area contributed by atoms with Gasteiger partial charge in [-0.1, -0.05) is 35.9 Å². The first-order chi connectivity index (χ1) is 10.2. The van der Waals surface area contributed by atoms with Crippen molar-refractivity contribution in [1.82, 2.24) is 9.78 Å². The van der Waals surface area contributed by atoms with Crippen LogP contribution in [-0.2, 0) is 6.54 Å². The van der Waals surface area contributed by atoms with Crippen LogP contribution in [0.2, 0.25) is 0 Å². The maximum absolute atomic E-state index is 6.38. The summed E-state index contributed by atoms with van der Waals surface area (Å²) in [5, 5.41) is 5.56. The highest BCUT2D eigenvalue weighted by Gasteiger charge is 2.14. The fourth-order valence-electron chi connectivity index (χ4n) is 2.60. The number of fused-ring (bicyclic) bond motifs is 1. The molecule has 1 unspecified atom stereocenters. The van der Waals surface area contributed by atoms with E-state index >= 15 is 0 Å². The average Bonchev–Trinajstić information content (AvgIpc) is 2.90. The van der Waals surface area contributed by atoms with Crippen molar-refractivity contribution in [2.24, 2.45) is 5.73 Å². The zero-order chi connectivity index (χ0) is 14.8. The molecule has 108 valence electrons. The Kier molecular flexibility index (Phi) is 3.62. The predicted octanol–water partition coefficient (Wildman–Crippen LogP) is 3.05. The third-order valence-corrected chi connectivity index (χ3v) is 3.71. The second kappa shape index (κ2) is 5.58. The first-order valence-electron chi connectivity index (χ1n) is 6.99. The van der Waals surface area contributed by atoms with Gasteiger partial charge in [-0.05, 0) is 19.1 Å². The monoisotopic (exact) mass is 281 g/mol. The minimum atomic E-state index is -0.164. The van der Waals surface area contributed by atoms with Gasteiger partial charge in [0.05, 0.1) is 31.4 Å². The Morgan fingerprint density at radius 1 is 1.24 bits per heavy atom. The lowest BCUT2D eigenvalue weighted by Gasteiger charge is -2.17. The van der Waals surface area contributed by atoms with Gasteiger partial charge in [0.15, 0.2) is 0 Å². The molecule has 1 aromatic heterocycles. The lowest BCUT2D eigenvalue weighted by Crippen LogP contribution is -2.19. The van der Waals surface area contributed by atoms with Crippen LogP contribution in [0.3, 0.4) is 0 Å². The summed E-state index contributed by atoms with van der Waals surface area (Å²) >= 11 is 0. The normalized spacial score (nSPS) is 12.5. The molecule has 1 atom stereocenters. The Balaban J connectivity index is 1.93. The van der Waals surface area contributed by atoms with Crippen LogP contribution < -0.4 is 10.5 Å². The largest absolute Gasteiger partial charge is 0.496 e. The number of hydrogen-bond acceptors (Lipinski definition) is 3. The van der Waals surface area contributed by atoms with E-state index in [2.05, 4.69) is 30.2 Å². The molecule has 21 heavy (non-hydrogen) atoms. The van der Waals surface area contributed by atoms with Gasteiger partial charge in [-0.3, -0.25) is 4.68 Å². The number of benzene rings is 2. The van der Waals surface area contributed by atoms with E-state index in [1.165, 1.54) is 5.56 Å². The minimum absolute atomic E-state index is 0.164. The molecule has 3 rings (SSSR count).